The summed E-state index contributed by atoms with van der Waals surface area (Å²) in [7, 11) is -2.15. The van der Waals surface area contributed by atoms with Crippen LogP contribution in [0.3, 0.4) is 0 Å². The van der Waals surface area contributed by atoms with E-state index in [1.54, 1.807) is 24.1 Å². The average Bonchev–Trinajstić information content (AvgIpc) is 3.43. The Hall–Kier alpha value is -2.13. The average molecular weight is 508 g/mol. The van der Waals surface area contributed by atoms with Gasteiger partial charge in [-0.1, -0.05) is 18.5 Å². The third-order valence-electron chi connectivity index (χ3n) is 5.32. The molecule has 3 N–H and O–H groups in total. The Labute approximate surface area is 194 Å². The number of anilines is 3. The summed E-state index contributed by atoms with van der Waals surface area (Å²) in [4.78, 5) is 8.54. The Morgan fingerprint density at radius 2 is 1.94 bits per heavy atom. The summed E-state index contributed by atoms with van der Waals surface area (Å²) in [5.74, 6) is -1.31. The van der Waals surface area contributed by atoms with Gasteiger partial charge in [0.2, 0.25) is 22.4 Å². The van der Waals surface area contributed by atoms with Crippen molar-refractivity contribution in [3.8, 4) is 0 Å². The van der Waals surface area contributed by atoms with E-state index < -0.39 is 46.4 Å². The first kappa shape index (κ1) is 24.0. The van der Waals surface area contributed by atoms with E-state index in [1.165, 1.54) is 13.1 Å². The third-order valence-corrected chi connectivity index (χ3v) is 7.23. The van der Waals surface area contributed by atoms with Crippen LogP contribution < -0.4 is 15.4 Å². The predicted molar refractivity (Wildman–Crippen MR) is 116 cm³/mol. The number of fused-ring (bicyclic) bond motifs is 1. The van der Waals surface area contributed by atoms with Gasteiger partial charge >= 0.3 is 0 Å². The summed E-state index contributed by atoms with van der Waals surface area (Å²) in [5.41, 5.74) is 0.699. The molecule has 182 valence electrons. The van der Waals surface area contributed by atoms with E-state index in [2.05, 4.69) is 30.4 Å². The lowest BCUT2D eigenvalue weighted by molar-refractivity contribution is 0.0689. The summed E-state index contributed by atoms with van der Waals surface area (Å²) in [6.45, 7) is 1.46. The van der Waals surface area contributed by atoms with Gasteiger partial charge in [0, 0.05) is 19.2 Å². The van der Waals surface area contributed by atoms with E-state index in [-0.39, 0.29) is 24.3 Å². The summed E-state index contributed by atoms with van der Waals surface area (Å²) < 4.78 is 65.7. The van der Waals surface area contributed by atoms with E-state index in [0.29, 0.717) is 17.5 Å². The normalized spacial score (nSPS) is 25.9. The molecule has 2 saturated heterocycles. The number of hydrogen-bond donors (Lipinski definition) is 3. The molecule has 4 heterocycles. The lowest BCUT2D eigenvalue weighted by atomic mass is 10.1. The first-order chi connectivity index (χ1) is 15.6. The lowest BCUT2D eigenvalue weighted by Gasteiger charge is -2.20. The fourth-order valence-electron chi connectivity index (χ4n) is 3.74. The highest BCUT2D eigenvalue weighted by Crippen LogP contribution is 2.31. The molecule has 0 saturated carbocycles. The van der Waals surface area contributed by atoms with Gasteiger partial charge in [-0.15, -0.1) is 0 Å². The van der Waals surface area contributed by atoms with E-state index in [1.807, 2.05) is 0 Å². The number of ether oxygens (including phenoxy) is 2. The number of aryl methyl sites for hydroxylation is 1. The highest BCUT2D eigenvalue weighted by molar-refractivity contribution is 7.89. The van der Waals surface area contributed by atoms with Gasteiger partial charge in [-0.3, -0.25) is 4.68 Å². The number of sulfonamides is 1. The first-order valence-electron chi connectivity index (χ1n) is 10.2. The van der Waals surface area contributed by atoms with Crippen LogP contribution in [0.2, 0.25) is 5.02 Å². The van der Waals surface area contributed by atoms with Crippen molar-refractivity contribution in [1.29, 1.82) is 0 Å². The van der Waals surface area contributed by atoms with Gasteiger partial charge in [0.15, 0.2) is 5.82 Å². The van der Waals surface area contributed by atoms with Gasteiger partial charge in [0.1, 0.15) is 17.2 Å². The van der Waals surface area contributed by atoms with Crippen LogP contribution in [0.5, 0.6) is 0 Å². The van der Waals surface area contributed by atoms with Crippen molar-refractivity contribution in [2.45, 2.75) is 37.6 Å². The van der Waals surface area contributed by atoms with Crippen molar-refractivity contribution in [3.63, 3.8) is 0 Å². The molecule has 0 aliphatic carbocycles. The van der Waals surface area contributed by atoms with Crippen molar-refractivity contribution in [1.82, 2.24) is 24.5 Å². The molecule has 11 nitrogen and oxygen atoms in total. The molecule has 0 amide bonds. The van der Waals surface area contributed by atoms with Gasteiger partial charge in [-0.2, -0.15) is 10.1 Å². The lowest BCUT2D eigenvalue weighted by Crippen LogP contribution is -2.46. The molecule has 33 heavy (non-hydrogen) atoms. The Morgan fingerprint density at radius 3 is 2.61 bits per heavy atom. The van der Waals surface area contributed by atoms with Crippen LogP contribution in [0, 0.1) is 5.92 Å². The van der Waals surface area contributed by atoms with Crippen molar-refractivity contribution < 1.29 is 26.7 Å². The van der Waals surface area contributed by atoms with Crippen molar-refractivity contribution in [2.75, 3.05) is 29.6 Å². The maximum Gasteiger partial charge on any atom is 0.242 e. The van der Waals surface area contributed by atoms with Gasteiger partial charge in [-0.25, -0.2) is 26.9 Å². The smallest absolute Gasteiger partial charge is 0.242 e. The molecule has 5 unspecified atom stereocenters. The number of nitrogens with zero attached hydrogens (tertiary/aromatic N) is 4. The topological polar surface area (TPSA) is 132 Å². The van der Waals surface area contributed by atoms with E-state index >= 15 is 0 Å². The summed E-state index contributed by atoms with van der Waals surface area (Å²) in [6, 6.07) is -1.04. The van der Waals surface area contributed by atoms with Crippen LogP contribution in [0.25, 0.3) is 0 Å². The second kappa shape index (κ2) is 9.62. The molecule has 4 rings (SSSR count). The molecule has 2 aliphatic rings. The molecule has 0 radical (unpaired) electrons. The summed E-state index contributed by atoms with van der Waals surface area (Å²) in [6.07, 6.45) is 1.05. The zero-order valence-corrected chi connectivity index (χ0v) is 19.4. The number of alkyl halides is 2. The number of hydrogen-bond acceptors (Lipinski definition) is 9. The largest absolute Gasteiger partial charge is 0.371 e. The third kappa shape index (κ3) is 5.69. The first-order valence-corrected chi connectivity index (χ1v) is 12.2. The molecule has 0 aromatic carbocycles. The van der Waals surface area contributed by atoms with Gasteiger partial charge in [0.25, 0.3) is 0 Å². The Morgan fingerprint density at radius 1 is 1.24 bits per heavy atom. The molecule has 2 aliphatic heterocycles. The monoisotopic (exact) mass is 507 g/mol. The SMILES string of the molecule is CC(CS(=O)(=O)NC1COC2C(Nc3nc(Nc4cnn(C)c4)ncc3Cl)COC12)C(F)F. The number of nitrogens with one attached hydrogen (secondary N) is 3. The summed E-state index contributed by atoms with van der Waals surface area (Å²) in [5, 5.41) is 10.5. The Balaban J connectivity index is 1.39. The van der Waals surface area contributed by atoms with Crippen LogP contribution in [-0.2, 0) is 26.5 Å². The molecule has 2 aromatic heterocycles. The minimum atomic E-state index is -3.93. The maximum atomic E-state index is 12.7. The molecular formula is C18H24ClF2N7O4S. The molecule has 15 heteroatoms. The molecule has 5 atom stereocenters. The molecule has 0 bridgehead atoms. The maximum absolute atomic E-state index is 12.7. The van der Waals surface area contributed by atoms with Crippen LogP contribution >= 0.6 is 11.6 Å². The van der Waals surface area contributed by atoms with E-state index in [0.717, 1.165) is 0 Å². The highest BCUT2D eigenvalue weighted by atomic mass is 35.5. The Kier molecular flexibility index (Phi) is 7.00. The molecular weight excluding hydrogens is 484 g/mol. The van der Waals surface area contributed by atoms with Crippen molar-refractivity contribution in [3.05, 3.63) is 23.6 Å². The van der Waals surface area contributed by atoms with Crippen LogP contribution in [-0.4, -0.2) is 77.8 Å². The number of halogens is 3. The van der Waals surface area contributed by atoms with Gasteiger partial charge in [-0.05, 0) is 0 Å². The fraction of sp³-hybridized carbons (Fsp3) is 0.611. The highest BCUT2D eigenvalue weighted by Gasteiger charge is 2.49. The minimum Gasteiger partial charge on any atom is -0.371 e. The zero-order chi connectivity index (χ0) is 23.8. The van der Waals surface area contributed by atoms with Crippen LogP contribution in [0.4, 0.5) is 26.2 Å². The number of aromatic nitrogens is 4. The Bertz CT molecular complexity index is 1090. The van der Waals surface area contributed by atoms with E-state index in [9.17, 15) is 17.2 Å². The quantitative estimate of drug-likeness (QED) is 0.460. The second-order valence-corrected chi connectivity index (χ2v) is 10.3. The molecule has 2 fully saturated rings. The van der Waals surface area contributed by atoms with Gasteiger partial charge < -0.3 is 20.1 Å². The van der Waals surface area contributed by atoms with Crippen LogP contribution in [0.1, 0.15) is 6.92 Å². The minimum absolute atomic E-state index is 0.0567. The molecule has 0 spiro atoms. The molecule has 2 aromatic rings. The predicted octanol–water partition coefficient (Wildman–Crippen LogP) is 1.37. The standard InChI is InChI=1S/C18H24ClF2N7O4S/c1-9(16(20)21)8-33(29,30)27-13-7-32-14-12(6-31-15(13)14)25-17-11(19)4-22-18(26-17)24-10-3-23-28(2)5-10/h3-5,9,12-16,27H,6-8H2,1-2H3,(H2,22,24,25,26). The summed E-state index contributed by atoms with van der Waals surface area (Å²) >= 11 is 6.25. The van der Waals surface area contributed by atoms with Crippen LogP contribution in [0.15, 0.2) is 18.6 Å². The van der Waals surface area contributed by atoms with Crippen molar-refractivity contribution >= 4 is 39.1 Å². The van der Waals surface area contributed by atoms with E-state index in [4.69, 9.17) is 21.1 Å². The fourth-order valence-corrected chi connectivity index (χ4v) is 5.48. The number of rotatable bonds is 9. The van der Waals surface area contributed by atoms with Gasteiger partial charge in [0.05, 0.1) is 49.1 Å². The van der Waals surface area contributed by atoms with Crippen molar-refractivity contribution in [2.24, 2.45) is 13.0 Å². The zero-order valence-electron chi connectivity index (χ0n) is 17.8. The second-order valence-electron chi connectivity index (χ2n) is 8.08.